The van der Waals surface area contributed by atoms with Crippen molar-refractivity contribution in [2.75, 3.05) is 36.6 Å². The van der Waals surface area contributed by atoms with Crippen molar-refractivity contribution in [1.29, 1.82) is 0 Å². The molecule has 0 amide bonds. The van der Waals surface area contributed by atoms with Gasteiger partial charge in [0, 0.05) is 37.7 Å². The summed E-state index contributed by atoms with van der Waals surface area (Å²) in [5, 5.41) is 1.73. The molecule has 2 N–H and O–H groups in total. The first-order chi connectivity index (χ1) is 9.45. The minimum absolute atomic E-state index is 0. The SMILES string of the molecule is CC=S(C)(=O)N(C)c1cc(C2CCOCC2)ccc1N.[HH]. The number of hydrogen-bond donors (Lipinski definition) is 1. The summed E-state index contributed by atoms with van der Waals surface area (Å²) < 4.78 is 19.7. The van der Waals surface area contributed by atoms with Crippen LogP contribution in [0, 0.1) is 0 Å². The Hall–Kier alpha value is -1.20. The first-order valence-corrected chi connectivity index (χ1v) is 8.94. The van der Waals surface area contributed by atoms with Crippen LogP contribution in [0.4, 0.5) is 11.4 Å². The van der Waals surface area contributed by atoms with Gasteiger partial charge in [0.15, 0.2) is 0 Å². The van der Waals surface area contributed by atoms with Gasteiger partial charge in [-0.25, -0.2) is 4.21 Å². The second kappa shape index (κ2) is 6.06. The average molecular weight is 298 g/mol. The Labute approximate surface area is 123 Å². The number of rotatable bonds is 3. The maximum Gasteiger partial charge on any atom is 0.0715 e. The lowest BCUT2D eigenvalue weighted by atomic mass is 9.91. The van der Waals surface area contributed by atoms with Crippen molar-refractivity contribution in [3.63, 3.8) is 0 Å². The van der Waals surface area contributed by atoms with Crippen molar-refractivity contribution in [3.8, 4) is 0 Å². The minimum Gasteiger partial charge on any atom is -0.397 e. The molecule has 0 radical (unpaired) electrons. The van der Waals surface area contributed by atoms with Gasteiger partial charge in [0.25, 0.3) is 0 Å². The summed E-state index contributed by atoms with van der Waals surface area (Å²) >= 11 is 0. The van der Waals surface area contributed by atoms with Gasteiger partial charge >= 0.3 is 0 Å². The number of benzene rings is 1. The molecule has 1 aliphatic rings. The number of hydrogen-bond acceptors (Lipinski definition) is 3. The third-order valence-corrected chi connectivity index (χ3v) is 6.23. The van der Waals surface area contributed by atoms with E-state index in [-0.39, 0.29) is 1.43 Å². The fourth-order valence-corrected chi connectivity index (χ4v) is 3.34. The number of nitrogens with two attached hydrogens (primary N) is 1. The van der Waals surface area contributed by atoms with Gasteiger partial charge in [0.2, 0.25) is 0 Å². The molecule has 0 saturated carbocycles. The molecule has 1 fully saturated rings. The third-order valence-electron chi connectivity index (χ3n) is 4.07. The van der Waals surface area contributed by atoms with E-state index < -0.39 is 9.71 Å². The van der Waals surface area contributed by atoms with E-state index >= 15 is 0 Å². The molecule has 1 heterocycles. The summed E-state index contributed by atoms with van der Waals surface area (Å²) in [6.45, 7) is 3.44. The molecule has 1 saturated heterocycles. The van der Waals surface area contributed by atoms with Crippen LogP contribution in [-0.4, -0.2) is 36.1 Å². The fourth-order valence-electron chi connectivity index (χ4n) is 2.47. The van der Waals surface area contributed by atoms with E-state index in [4.69, 9.17) is 10.5 Å². The van der Waals surface area contributed by atoms with Crippen LogP contribution in [-0.2, 0) is 14.4 Å². The van der Waals surface area contributed by atoms with E-state index in [0.717, 1.165) is 31.7 Å². The van der Waals surface area contributed by atoms with Crippen LogP contribution in [0.25, 0.3) is 0 Å². The first-order valence-electron chi connectivity index (χ1n) is 6.95. The Balaban J connectivity index is 0.00000220. The van der Waals surface area contributed by atoms with Crippen LogP contribution >= 0.6 is 0 Å². The van der Waals surface area contributed by atoms with Crippen molar-refractivity contribution < 1.29 is 10.4 Å². The maximum atomic E-state index is 12.5. The van der Waals surface area contributed by atoms with Crippen LogP contribution < -0.4 is 10.0 Å². The van der Waals surface area contributed by atoms with Gasteiger partial charge in [-0.05, 0) is 48.7 Å². The summed E-state index contributed by atoms with van der Waals surface area (Å²) in [5.41, 5.74) is 8.84. The second-order valence-corrected chi connectivity index (χ2v) is 8.04. The van der Waals surface area contributed by atoms with Crippen molar-refractivity contribution >= 4 is 26.5 Å². The molecule has 0 aliphatic carbocycles. The van der Waals surface area contributed by atoms with Gasteiger partial charge < -0.3 is 14.8 Å². The van der Waals surface area contributed by atoms with Crippen molar-refractivity contribution in [1.82, 2.24) is 0 Å². The molecule has 1 atom stereocenters. The molecule has 4 nitrogen and oxygen atoms in total. The lowest BCUT2D eigenvalue weighted by Crippen LogP contribution is -2.27. The van der Waals surface area contributed by atoms with Crippen LogP contribution in [0.3, 0.4) is 0 Å². The molecular formula is C15H26N2O2S. The van der Waals surface area contributed by atoms with E-state index in [0.29, 0.717) is 11.6 Å². The smallest absolute Gasteiger partial charge is 0.0715 e. The molecule has 1 aromatic carbocycles. The largest absolute Gasteiger partial charge is 0.397 e. The maximum absolute atomic E-state index is 12.5. The lowest BCUT2D eigenvalue weighted by Gasteiger charge is -2.27. The molecular weight excluding hydrogens is 272 g/mol. The number of nitrogen functional groups attached to an aromatic ring is 1. The zero-order valence-corrected chi connectivity index (χ0v) is 13.3. The van der Waals surface area contributed by atoms with Gasteiger partial charge in [-0.15, -0.1) is 0 Å². The fraction of sp³-hybridized carbons (Fsp3) is 0.533. The number of nitrogens with zero attached hydrogens (tertiary/aromatic N) is 1. The normalized spacial score (nSPS) is 19.4. The monoisotopic (exact) mass is 298 g/mol. The van der Waals surface area contributed by atoms with Gasteiger partial charge in [-0.2, -0.15) is 0 Å². The molecule has 2 rings (SSSR count). The Morgan fingerprint density at radius 1 is 1.45 bits per heavy atom. The third kappa shape index (κ3) is 3.10. The summed E-state index contributed by atoms with van der Waals surface area (Å²) in [6.07, 6.45) is 3.80. The predicted octanol–water partition coefficient (Wildman–Crippen LogP) is 2.50. The summed E-state index contributed by atoms with van der Waals surface area (Å²) in [5.74, 6) is 0.509. The molecule has 0 aromatic heterocycles. The predicted molar refractivity (Wildman–Crippen MR) is 90.0 cm³/mol. The number of anilines is 2. The Bertz CT molecular complexity index is 591. The lowest BCUT2D eigenvalue weighted by molar-refractivity contribution is 0.0853. The molecule has 5 heteroatoms. The first kappa shape index (κ1) is 15.2. The molecule has 20 heavy (non-hydrogen) atoms. The van der Waals surface area contributed by atoms with Crippen LogP contribution in [0.1, 0.15) is 32.7 Å². The zero-order chi connectivity index (χ0) is 14.8. The molecule has 0 bridgehead atoms. The standard InChI is InChI=1S/C15H24N2O2S.H2/c1-4-20(3,18)17(2)15-11-13(5-6-14(15)16)12-7-9-19-10-8-12;/h4-6,11-12H,7-10,16H2,1-3H3;1H. The van der Waals surface area contributed by atoms with Gasteiger partial charge in [-0.3, -0.25) is 0 Å². The highest BCUT2D eigenvalue weighted by molar-refractivity contribution is 8.01. The molecule has 1 aromatic rings. The molecule has 1 unspecified atom stereocenters. The highest BCUT2D eigenvalue weighted by Gasteiger charge is 2.19. The van der Waals surface area contributed by atoms with E-state index in [1.54, 1.807) is 15.9 Å². The molecule has 0 spiro atoms. The summed E-state index contributed by atoms with van der Waals surface area (Å²) in [6, 6.07) is 6.08. The second-order valence-electron chi connectivity index (χ2n) is 5.30. The minimum atomic E-state index is -2.17. The van der Waals surface area contributed by atoms with Gasteiger partial charge in [0.05, 0.1) is 11.4 Å². The van der Waals surface area contributed by atoms with E-state index in [2.05, 4.69) is 12.1 Å². The quantitative estimate of drug-likeness (QED) is 0.689. The molecule has 114 valence electrons. The van der Waals surface area contributed by atoms with Gasteiger partial charge in [-0.1, -0.05) is 6.07 Å². The van der Waals surface area contributed by atoms with Crippen molar-refractivity contribution in [2.24, 2.45) is 0 Å². The van der Waals surface area contributed by atoms with Crippen molar-refractivity contribution in [3.05, 3.63) is 23.8 Å². The Morgan fingerprint density at radius 2 is 2.10 bits per heavy atom. The highest BCUT2D eigenvalue weighted by atomic mass is 32.2. The topological polar surface area (TPSA) is 55.6 Å². The Kier molecular flexibility index (Phi) is 4.60. The van der Waals surface area contributed by atoms with E-state index in [1.807, 2.05) is 20.0 Å². The van der Waals surface area contributed by atoms with Crippen LogP contribution in [0.2, 0.25) is 0 Å². The van der Waals surface area contributed by atoms with Crippen LogP contribution in [0.15, 0.2) is 18.2 Å². The van der Waals surface area contributed by atoms with Crippen molar-refractivity contribution in [2.45, 2.75) is 25.7 Å². The van der Waals surface area contributed by atoms with Crippen LogP contribution in [0.5, 0.6) is 0 Å². The Morgan fingerprint density at radius 3 is 2.70 bits per heavy atom. The number of ether oxygens (including phenoxy) is 1. The summed E-state index contributed by atoms with van der Waals surface area (Å²) in [7, 11) is -0.332. The van der Waals surface area contributed by atoms with E-state index in [1.165, 1.54) is 5.56 Å². The zero-order valence-electron chi connectivity index (χ0n) is 12.5. The van der Waals surface area contributed by atoms with Gasteiger partial charge in [0.1, 0.15) is 0 Å². The summed E-state index contributed by atoms with van der Waals surface area (Å²) in [4.78, 5) is 0. The van der Waals surface area contributed by atoms with E-state index in [9.17, 15) is 4.21 Å². The molecule has 1 aliphatic heterocycles. The highest BCUT2D eigenvalue weighted by Crippen LogP contribution is 2.33. The average Bonchev–Trinajstić information content (AvgIpc) is 2.48.